The molecule has 0 aliphatic carbocycles. The summed E-state index contributed by atoms with van der Waals surface area (Å²) in [5, 5.41) is 0.713. The topological polar surface area (TPSA) is 76.7 Å². The van der Waals surface area contributed by atoms with E-state index in [9.17, 15) is 9.59 Å². The van der Waals surface area contributed by atoms with Crippen LogP contribution in [0.5, 0.6) is 11.5 Å². The maximum absolute atomic E-state index is 12.3. The van der Waals surface area contributed by atoms with Crippen molar-refractivity contribution >= 4 is 35.2 Å². The standard InChI is InChI=1S/C24H21ClN2O4S/c25-19-7-9-20(10-8-19)32-14-17-1-5-18(6-2-17)24(29)27-26-23(28)12-4-16-3-11-21-22(13-16)31-15-30-21/h1-3,5-11,13H,4,12,14-15H2,(H,26,28)(H,27,29). The number of thioether (sulfide) groups is 1. The number of benzene rings is 3. The van der Waals surface area contributed by atoms with Crippen LogP contribution in [0.15, 0.2) is 71.6 Å². The third-order valence-electron chi connectivity index (χ3n) is 4.83. The summed E-state index contributed by atoms with van der Waals surface area (Å²) in [4.78, 5) is 25.5. The summed E-state index contributed by atoms with van der Waals surface area (Å²) in [5.74, 6) is 1.54. The predicted molar refractivity (Wildman–Crippen MR) is 124 cm³/mol. The Morgan fingerprint density at radius 3 is 2.38 bits per heavy atom. The van der Waals surface area contributed by atoms with Crippen LogP contribution in [-0.2, 0) is 17.0 Å². The molecule has 0 aromatic heterocycles. The summed E-state index contributed by atoms with van der Waals surface area (Å²) in [6.07, 6.45) is 0.763. The zero-order valence-electron chi connectivity index (χ0n) is 17.1. The number of carbonyl (C=O) groups is 2. The van der Waals surface area contributed by atoms with E-state index >= 15 is 0 Å². The number of aryl methyl sites for hydroxylation is 1. The van der Waals surface area contributed by atoms with Gasteiger partial charge in [0.15, 0.2) is 11.5 Å². The Morgan fingerprint density at radius 2 is 1.59 bits per heavy atom. The fourth-order valence-electron chi connectivity index (χ4n) is 3.07. The van der Waals surface area contributed by atoms with Gasteiger partial charge in [-0.3, -0.25) is 20.4 Å². The van der Waals surface area contributed by atoms with E-state index in [-0.39, 0.29) is 25.0 Å². The van der Waals surface area contributed by atoms with Crippen LogP contribution < -0.4 is 20.3 Å². The third-order valence-corrected chi connectivity index (χ3v) is 6.16. The van der Waals surface area contributed by atoms with Crippen LogP contribution >= 0.6 is 23.4 Å². The largest absolute Gasteiger partial charge is 0.454 e. The third kappa shape index (κ3) is 5.96. The summed E-state index contributed by atoms with van der Waals surface area (Å²) in [6, 6.07) is 20.5. The molecule has 164 valence electrons. The number of hydrogen-bond acceptors (Lipinski definition) is 5. The van der Waals surface area contributed by atoms with Gasteiger partial charge in [-0.25, -0.2) is 0 Å². The van der Waals surface area contributed by atoms with Gasteiger partial charge >= 0.3 is 0 Å². The minimum atomic E-state index is -0.363. The molecule has 6 nitrogen and oxygen atoms in total. The number of halogens is 1. The molecular weight excluding hydrogens is 448 g/mol. The number of fused-ring (bicyclic) bond motifs is 1. The van der Waals surface area contributed by atoms with Crippen LogP contribution in [0.3, 0.4) is 0 Å². The van der Waals surface area contributed by atoms with Crippen LogP contribution in [0, 0.1) is 0 Å². The highest BCUT2D eigenvalue weighted by molar-refractivity contribution is 7.98. The Morgan fingerprint density at radius 1 is 0.875 bits per heavy atom. The first-order valence-electron chi connectivity index (χ1n) is 10.0. The van der Waals surface area contributed by atoms with Crippen molar-refractivity contribution in [2.45, 2.75) is 23.5 Å². The molecule has 2 amide bonds. The highest BCUT2D eigenvalue weighted by atomic mass is 35.5. The Balaban J connectivity index is 1.20. The van der Waals surface area contributed by atoms with Gasteiger partial charge < -0.3 is 9.47 Å². The lowest BCUT2D eigenvalue weighted by molar-refractivity contribution is -0.121. The molecule has 4 rings (SSSR count). The molecule has 0 atom stereocenters. The highest BCUT2D eigenvalue weighted by Gasteiger charge is 2.14. The second kappa shape index (κ2) is 10.4. The fraction of sp³-hybridized carbons (Fsp3) is 0.167. The average Bonchev–Trinajstić information content (AvgIpc) is 3.29. The van der Waals surface area contributed by atoms with Crippen molar-refractivity contribution in [1.82, 2.24) is 10.9 Å². The van der Waals surface area contributed by atoms with E-state index in [1.807, 2.05) is 54.6 Å². The summed E-state index contributed by atoms with van der Waals surface area (Å²) < 4.78 is 10.6. The molecule has 0 saturated heterocycles. The van der Waals surface area contributed by atoms with Crippen LogP contribution in [-0.4, -0.2) is 18.6 Å². The van der Waals surface area contributed by atoms with Crippen molar-refractivity contribution in [2.75, 3.05) is 6.79 Å². The van der Waals surface area contributed by atoms with Gasteiger partial charge in [0.05, 0.1) is 0 Å². The van der Waals surface area contributed by atoms with Gasteiger partial charge in [0.25, 0.3) is 5.91 Å². The first-order valence-corrected chi connectivity index (χ1v) is 11.4. The minimum absolute atomic E-state index is 0.216. The Bertz CT molecular complexity index is 1100. The molecule has 0 bridgehead atoms. The summed E-state index contributed by atoms with van der Waals surface area (Å²) in [6.45, 7) is 0.216. The molecule has 0 fully saturated rings. The molecule has 0 unspecified atom stereocenters. The Hall–Kier alpha value is -3.16. The van der Waals surface area contributed by atoms with Gasteiger partial charge in [0.2, 0.25) is 12.7 Å². The second-order valence-corrected chi connectivity index (χ2v) is 8.61. The van der Waals surface area contributed by atoms with E-state index in [0.717, 1.165) is 21.8 Å². The highest BCUT2D eigenvalue weighted by Crippen LogP contribution is 2.32. The van der Waals surface area contributed by atoms with E-state index in [1.54, 1.807) is 23.9 Å². The maximum atomic E-state index is 12.3. The normalized spacial score (nSPS) is 11.8. The van der Waals surface area contributed by atoms with Gasteiger partial charge in [-0.15, -0.1) is 11.8 Å². The van der Waals surface area contributed by atoms with E-state index in [2.05, 4.69) is 10.9 Å². The molecule has 3 aromatic carbocycles. The molecule has 0 radical (unpaired) electrons. The second-order valence-electron chi connectivity index (χ2n) is 7.13. The number of hydrogen-bond donors (Lipinski definition) is 2. The average molecular weight is 469 g/mol. The monoisotopic (exact) mass is 468 g/mol. The summed E-state index contributed by atoms with van der Waals surface area (Å²) in [5.41, 5.74) is 7.44. The fourth-order valence-corrected chi connectivity index (χ4v) is 4.05. The summed E-state index contributed by atoms with van der Waals surface area (Å²) in [7, 11) is 0. The number of rotatable bonds is 7. The maximum Gasteiger partial charge on any atom is 0.269 e. The van der Waals surface area contributed by atoms with Gasteiger partial charge in [0.1, 0.15) is 0 Å². The number of ether oxygens (including phenoxy) is 2. The molecule has 0 saturated carbocycles. The van der Waals surface area contributed by atoms with Crippen molar-refractivity contribution in [3.05, 3.63) is 88.4 Å². The van der Waals surface area contributed by atoms with Crippen LogP contribution in [0.25, 0.3) is 0 Å². The number of amides is 2. The SMILES string of the molecule is O=C(CCc1ccc2c(c1)OCO2)NNC(=O)c1ccc(CSc2ccc(Cl)cc2)cc1. The molecule has 2 N–H and O–H groups in total. The van der Waals surface area contributed by atoms with Gasteiger partial charge in [-0.1, -0.05) is 29.8 Å². The van der Waals surface area contributed by atoms with Crippen molar-refractivity contribution in [1.29, 1.82) is 0 Å². The van der Waals surface area contributed by atoms with E-state index < -0.39 is 0 Å². The van der Waals surface area contributed by atoms with E-state index in [1.165, 1.54) is 0 Å². The quantitative estimate of drug-likeness (QED) is 0.386. The lowest BCUT2D eigenvalue weighted by Crippen LogP contribution is -2.41. The first-order chi connectivity index (χ1) is 15.6. The van der Waals surface area contributed by atoms with Gasteiger partial charge in [-0.05, 0) is 66.1 Å². The molecule has 0 spiro atoms. The first kappa shape index (κ1) is 22.0. The summed E-state index contributed by atoms with van der Waals surface area (Å²) >= 11 is 7.59. The molecule has 1 heterocycles. The Labute approximate surface area is 195 Å². The molecule has 1 aliphatic rings. The Kier molecular flexibility index (Phi) is 7.19. The van der Waals surface area contributed by atoms with E-state index in [4.69, 9.17) is 21.1 Å². The number of hydrazine groups is 1. The predicted octanol–water partition coefficient (Wildman–Crippen LogP) is 4.75. The van der Waals surface area contributed by atoms with E-state index in [0.29, 0.717) is 28.5 Å². The van der Waals surface area contributed by atoms with Gasteiger partial charge in [-0.2, -0.15) is 0 Å². The smallest absolute Gasteiger partial charge is 0.269 e. The van der Waals surface area contributed by atoms with Gasteiger partial charge in [0, 0.05) is 27.7 Å². The zero-order valence-corrected chi connectivity index (χ0v) is 18.7. The van der Waals surface area contributed by atoms with Crippen molar-refractivity contribution < 1.29 is 19.1 Å². The zero-order chi connectivity index (χ0) is 22.3. The number of nitrogens with one attached hydrogen (secondary N) is 2. The van der Waals surface area contributed by atoms with Crippen molar-refractivity contribution in [3.63, 3.8) is 0 Å². The lowest BCUT2D eigenvalue weighted by atomic mass is 10.1. The van der Waals surface area contributed by atoms with Crippen molar-refractivity contribution in [3.8, 4) is 11.5 Å². The lowest BCUT2D eigenvalue weighted by Gasteiger charge is -2.08. The van der Waals surface area contributed by atoms with Crippen molar-refractivity contribution in [2.24, 2.45) is 0 Å². The molecular formula is C24H21ClN2O4S. The number of carbonyl (C=O) groups excluding carboxylic acids is 2. The van der Waals surface area contributed by atoms with Crippen LogP contribution in [0.2, 0.25) is 5.02 Å². The minimum Gasteiger partial charge on any atom is -0.454 e. The molecule has 8 heteroatoms. The van der Waals surface area contributed by atoms with Crippen LogP contribution in [0.1, 0.15) is 27.9 Å². The molecule has 1 aliphatic heterocycles. The van der Waals surface area contributed by atoms with Crippen LogP contribution in [0.4, 0.5) is 0 Å². The molecule has 32 heavy (non-hydrogen) atoms. The molecule has 3 aromatic rings.